The molecule has 0 aliphatic carbocycles. The molecule has 0 aromatic rings. The van der Waals surface area contributed by atoms with Crippen LogP contribution >= 0.6 is 0 Å². The predicted molar refractivity (Wildman–Crippen MR) is 55.9 cm³/mol. The molecule has 2 nitrogen and oxygen atoms in total. The Hall–Kier alpha value is -0.0800. The molecule has 2 aliphatic heterocycles. The molecule has 2 rings (SSSR count). The van der Waals surface area contributed by atoms with Gasteiger partial charge < -0.3 is 10.2 Å². The molecule has 0 saturated carbocycles. The summed E-state index contributed by atoms with van der Waals surface area (Å²) < 4.78 is 0. The standard InChI is InChI=1S/C11H22N2/c1-2-4-8-13(7-3-1)10-11-5-6-12-9-11/h11-12H,1-10H2. The van der Waals surface area contributed by atoms with Crippen molar-refractivity contribution in [2.24, 2.45) is 5.92 Å². The van der Waals surface area contributed by atoms with Gasteiger partial charge in [-0.05, 0) is 51.4 Å². The molecule has 0 bridgehead atoms. The number of likely N-dealkylation sites (tertiary alicyclic amines) is 1. The third-order valence-electron chi connectivity index (χ3n) is 3.38. The Bertz CT molecular complexity index is 133. The number of hydrogen-bond donors (Lipinski definition) is 1. The molecule has 0 aromatic carbocycles. The van der Waals surface area contributed by atoms with Gasteiger partial charge in [-0.15, -0.1) is 0 Å². The fourth-order valence-electron chi connectivity index (χ4n) is 2.55. The zero-order valence-electron chi connectivity index (χ0n) is 8.60. The van der Waals surface area contributed by atoms with Gasteiger partial charge in [-0.3, -0.25) is 0 Å². The largest absolute Gasteiger partial charge is 0.316 e. The summed E-state index contributed by atoms with van der Waals surface area (Å²) in [6.07, 6.45) is 7.18. The van der Waals surface area contributed by atoms with Crippen molar-refractivity contribution in [3.05, 3.63) is 0 Å². The zero-order chi connectivity index (χ0) is 8.93. The molecular weight excluding hydrogens is 160 g/mol. The van der Waals surface area contributed by atoms with E-state index in [1.165, 1.54) is 64.8 Å². The highest BCUT2D eigenvalue weighted by Gasteiger charge is 2.18. The van der Waals surface area contributed by atoms with Gasteiger partial charge in [0.2, 0.25) is 0 Å². The summed E-state index contributed by atoms with van der Waals surface area (Å²) in [6.45, 7) is 6.58. The minimum atomic E-state index is 0.943. The molecule has 1 atom stereocenters. The summed E-state index contributed by atoms with van der Waals surface area (Å²) in [5, 5.41) is 3.45. The van der Waals surface area contributed by atoms with Gasteiger partial charge in [0, 0.05) is 6.54 Å². The van der Waals surface area contributed by atoms with Crippen LogP contribution in [0.4, 0.5) is 0 Å². The lowest BCUT2D eigenvalue weighted by Crippen LogP contribution is -2.31. The molecule has 1 unspecified atom stereocenters. The Kier molecular flexibility index (Phi) is 3.62. The lowest BCUT2D eigenvalue weighted by molar-refractivity contribution is 0.246. The van der Waals surface area contributed by atoms with E-state index in [1.54, 1.807) is 0 Å². The number of hydrogen-bond acceptors (Lipinski definition) is 2. The quantitative estimate of drug-likeness (QED) is 0.696. The molecule has 0 amide bonds. The molecule has 2 aliphatic rings. The highest BCUT2D eigenvalue weighted by atomic mass is 15.1. The smallest absolute Gasteiger partial charge is 0.00223 e. The first-order valence-corrected chi connectivity index (χ1v) is 5.88. The lowest BCUT2D eigenvalue weighted by Gasteiger charge is -2.22. The SMILES string of the molecule is C1CCCN(CC2CCNC2)CC1. The highest BCUT2D eigenvalue weighted by Crippen LogP contribution is 2.14. The van der Waals surface area contributed by atoms with Crippen molar-refractivity contribution in [2.45, 2.75) is 32.1 Å². The molecule has 76 valence electrons. The van der Waals surface area contributed by atoms with Gasteiger partial charge in [-0.25, -0.2) is 0 Å². The van der Waals surface area contributed by atoms with Gasteiger partial charge in [0.1, 0.15) is 0 Å². The van der Waals surface area contributed by atoms with Crippen molar-refractivity contribution >= 4 is 0 Å². The second-order valence-electron chi connectivity index (χ2n) is 4.57. The van der Waals surface area contributed by atoms with E-state index in [0.29, 0.717) is 0 Å². The third-order valence-corrected chi connectivity index (χ3v) is 3.38. The van der Waals surface area contributed by atoms with Crippen molar-refractivity contribution in [3.8, 4) is 0 Å². The number of rotatable bonds is 2. The molecular formula is C11H22N2. The van der Waals surface area contributed by atoms with E-state index in [-0.39, 0.29) is 0 Å². The molecule has 0 spiro atoms. The van der Waals surface area contributed by atoms with Crippen LogP contribution in [0.15, 0.2) is 0 Å². The van der Waals surface area contributed by atoms with E-state index in [2.05, 4.69) is 10.2 Å². The Morgan fingerprint density at radius 1 is 1.08 bits per heavy atom. The van der Waals surface area contributed by atoms with E-state index >= 15 is 0 Å². The van der Waals surface area contributed by atoms with Crippen molar-refractivity contribution < 1.29 is 0 Å². The van der Waals surface area contributed by atoms with Crippen LogP contribution in [0.5, 0.6) is 0 Å². The van der Waals surface area contributed by atoms with Crippen LogP contribution < -0.4 is 5.32 Å². The first-order valence-electron chi connectivity index (χ1n) is 5.88. The third kappa shape index (κ3) is 2.96. The minimum Gasteiger partial charge on any atom is -0.316 e. The normalized spacial score (nSPS) is 31.8. The van der Waals surface area contributed by atoms with Crippen molar-refractivity contribution in [1.29, 1.82) is 0 Å². The summed E-state index contributed by atoms with van der Waals surface area (Å²) in [7, 11) is 0. The lowest BCUT2D eigenvalue weighted by atomic mass is 10.1. The minimum absolute atomic E-state index is 0.943. The maximum absolute atomic E-state index is 3.45. The average Bonchev–Trinajstić information content (AvgIpc) is 2.49. The fourth-order valence-corrected chi connectivity index (χ4v) is 2.55. The van der Waals surface area contributed by atoms with Gasteiger partial charge in [-0.1, -0.05) is 12.8 Å². The molecule has 1 N–H and O–H groups in total. The Morgan fingerprint density at radius 3 is 2.46 bits per heavy atom. The van der Waals surface area contributed by atoms with Crippen LogP contribution in [-0.2, 0) is 0 Å². The monoisotopic (exact) mass is 182 g/mol. The second kappa shape index (κ2) is 4.97. The summed E-state index contributed by atoms with van der Waals surface area (Å²) in [4.78, 5) is 2.69. The van der Waals surface area contributed by atoms with E-state index in [4.69, 9.17) is 0 Å². The first-order chi connectivity index (χ1) is 6.45. The fraction of sp³-hybridized carbons (Fsp3) is 1.00. The highest BCUT2D eigenvalue weighted by molar-refractivity contribution is 4.75. The van der Waals surface area contributed by atoms with Crippen LogP contribution in [0.1, 0.15) is 32.1 Å². The van der Waals surface area contributed by atoms with Gasteiger partial charge in [0.25, 0.3) is 0 Å². The van der Waals surface area contributed by atoms with Crippen LogP contribution in [-0.4, -0.2) is 37.6 Å². The summed E-state index contributed by atoms with van der Waals surface area (Å²) in [5.41, 5.74) is 0. The van der Waals surface area contributed by atoms with Crippen LogP contribution in [0.2, 0.25) is 0 Å². The maximum atomic E-state index is 3.45. The van der Waals surface area contributed by atoms with Crippen molar-refractivity contribution in [3.63, 3.8) is 0 Å². The molecule has 2 heteroatoms. The molecule has 13 heavy (non-hydrogen) atoms. The topological polar surface area (TPSA) is 15.3 Å². The molecule has 0 radical (unpaired) electrons. The number of nitrogens with zero attached hydrogens (tertiary/aromatic N) is 1. The van der Waals surface area contributed by atoms with Crippen molar-refractivity contribution in [2.75, 3.05) is 32.7 Å². The molecule has 2 fully saturated rings. The van der Waals surface area contributed by atoms with E-state index in [1.807, 2.05) is 0 Å². The van der Waals surface area contributed by atoms with E-state index in [9.17, 15) is 0 Å². The summed E-state index contributed by atoms with van der Waals surface area (Å²) >= 11 is 0. The summed E-state index contributed by atoms with van der Waals surface area (Å²) in [6, 6.07) is 0. The van der Waals surface area contributed by atoms with E-state index in [0.717, 1.165) is 5.92 Å². The van der Waals surface area contributed by atoms with Crippen LogP contribution in [0.3, 0.4) is 0 Å². The Balaban J connectivity index is 1.71. The van der Waals surface area contributed by atoms with E-state index < -0.39 is 0 Å². The number of nitrogens with one attached hydrogen (secondary N) is 1. The van der Waals surface area contributed by atoms with Crippen LogP contribution in [0, 0.1) is 5.92 Å². The molecule has 0 aromatic heterocycles. The van der Waals surface area contributed by atoms with Crippen LogP contribution in [0.25, 0.3) is 0 Å². The predicted octanol–water partition coefficient (Wildman–Crippen LogP) is 1.47. The average molecular weight is 182 g/mol. The molecule has 2 heterocycles. The Morgan fingerprint density at radius 2 is 1.85 bits per heavy atom. The van der Waals surface area contributed by atoms with Gasteiger partial charge in [0.15, 0.2) is 0 Å². The van der Waals surface area contributed by atoms with Crippen molar-refractivity contribution in [1.82, 2.24) is 10.2 Å². The first kappa shape index (κ1) is 9.47. The second-order valence-corrected chi connectivity index (χ2v) is 4.57. The van der Waals surface area contributed by atoms with Gasteiger partial charge in [-0.2, -0.15) is 0 Å². The summed E-state index contributed by atoms with van der Waals surface area (Å²) in [5.74, 6) is 0.943. The maximum Gasteiger partial charge on any atom is 0.00223 e. The zero-order valence-corrected chi connectivity index (χ0v) is 8.60. The molecule has 2 saturated heterocycles. The Labute approximate surface area is 81.7 Å². The van der Waals surface area contributed by atoms with Gasteiger partial charge >= 0.3 is 0 Å². The van der Waals surface area contributed by atoms with Gasteiger partial charge in [0.05, 0.1) is 0 Å².